The van der Waals surface area contributed by atoms with Crippen LogP contribution in [0.5, 0.6) is 0 Å². The second-order valence-electron chi connectivity index (χ2n) is 7.06. The van der Waals surface area contributed by atoms with E-state index in [1.807, 2.05) is 41.8 Å². The average Bonchev–Trinajstić information content (AvgIpc) is 3.28. The van der Waals surface area contributed by atoms with Crippen molar-refractivity contribution in [2.75, 3.05) is 29.9 Å². The number of thioether (sulfide) groups is 1. The summed E-state index contributed by atoms with van der Waals surface area (Å²) in [5.41, 5.74) is 2.83. The summed E-state index contributed by atoms with van der Waals surface area (Å²) in [6.07, 6.45) is 0. The van der Waals surface area contributed by atoms with Gasteiger partial charge in [-0.2, -0.15) is 16.7 Å². The second kappa shape index (κ2) is 9.17. The topological polar surface area (TPSA) is 114 Å². The molecule has 0 saturated carbocycles. The van der Waals surface area contributed by atoms with Gasteiger partial charge in [-0.3, -0.25) is 14.9 Å². The van der Waals surface area contributed by atoms with Crippen molar-refractivity contribution in [3.8, 4) is 11.4 Å². The van der Waals surface area contributed by atoms with E-state index in [0.29, 0.717) is 17.0 Å². The highest BCUT2D eigenvalue weighted by molar-refractivity contribution is 7.99. The number of aromatic nitrogens is 2. The van der Waals surface area contributed by atoms with Crippen molar-refractivity contribution in [3.05, 3.63) is 69.6 Å². The molecule has 1 amide bonds. The van der Waals surface area contributed by atoms with Crippen LogP contribution in [0.4, 0.5) is 11.4 Å². The van der Waals surface area contributed by atoms with Gasteiger partial charge in [0.05, 0.1) is 11.5 Å². The number of nitrogens with zero attached hydrogens (tertiary/aromatic N) is 4. The van der Waals surface area contributed by atoms with Crippen molar-refractivity contribution >= 4 is 29.0 Å². The summed E-state index contributed by atoms with van der Waals surface area (Å²) < 4.78 is 5.28. The van der Waals surface area contributed by atoms with Crippen LogP contribution in [0.2, 0.25) is 0 Å². The first-order chi connectivity index (χ1) is 15.0. The highest BCUT2D eigenvalue weighted by Gasteiger charge is 2.21. The zero-order chi connectivity index (χ0) is 21.8. The van der Waals surface area contributed by atoms with E-state index in [9.17, 15) is 14.9 Å². The minimum Gasteiger partial charge on any atom is -0.376 e. The van der Waals surface area contributed by atoms with Gasteiger partial charge in [0.2, 0.25) is 11.7 Å². The highest BCUT2D eigenvalue weighted by Crippen LogP contribution is 2.24. The Morgan fingerprint density at radius 1 is 1.26 bits per heavy atom. The van der Waals surface area contributed by atoms with Gasteiger partial charge >= 0.3 is 0 Å². The van der Waals surface area contributed by atoms with E-state index in [-0.39, 0.29) is 24.0 Å². The lowest BCUT2D eigenvalue weighted by Gasteiger charge is -2.27. The molecule has 9 nitrogen and oxygen atoms in total. The number of amides is 1. The van der Waals surface area contributed by atoms with Gasteiger partial charge in [0.25, 0.3) is 11.6 Å². The third kappa shape index (κ3) is 4.69. The number of carbonyl (C=O) groups is 1. The number of benzene rings is 2. The number of rotatable bonds is 6. The summed E-state index contributed by atoms with van der Waals surface area (Å²) in [7, 11) is 0. The molecular formula is C21H21N5O4S. The smallest absolute Gasteiger partial charge is 0.270 e. The van der Waals surface area contributed by atoms with Gasteiger partial charge < -0.3 is 14.7 Å². The zero-order valence-corrected chi connectivity index (χ0v) is 17.7. The van der Waals surface area contributed by atoms with Gasteiger partial charge in [0, 0.05) is 53.5 Å². The van der Waals surface area contributed by atoms with Crippen molar-refractivity contribution < 1.29 is 14.2 Å². The molecule has 1 aromatic heterocycles. The fourth-order valence-electron chi connectivity index (χ4n) is 3.37. The minimum atomic E-state index is -0.466. The first kappa shape index (κ1) is 20.9. The molecule has 0 radical (unpaired) electrons. The molecule has 1 N–H and O–H groups in total. The third-order valence-corrected chi connectivity index (χ3v) is 6.02. The Morgan fingerprint density at radius 2 is 2.03 bits per heavy atom. The summed E-state index contributed by atoms with van der Waals surface area (Å²) in [6, 6.07) is 11.7. The maximum Gasteiger partial charge on any atom is 0.270 e. The Balaban J connectivity index is 1.46. The maximum atomic E-state index is 12.9. The standard InChI is InChI=1S/C21H21N5O4S/c1-14-17(21(27)25-8-10-31-11-9-25)6-3-7-18(14)22-13-19-23-20(24-30-19)15-4-2-5-16(12-15)26(28)29/h2-7,12,22H,8-11,13H2,1H3. The van der Waals surface area contributed by atoms with E-state index in [4.69, 9.17) is 4.52 Å². The van der Waals surface area contributed by atoms with Crippen molar-refractivity contribution in [1.82, 2.24) is 15.0 Å². The lowest BCUT2D eigenvalue weighted by Crippen LogP contribution is -2.38. The Kier molecular flexibility index (Phi) is 6.17. The fraction of sp³-hybridized carbons (Fsp3) is 0.286. The molecule has 31 heavy (non-hydrogen) atoms. The lowest BCUT2D eigenvalue weighted by molar-refractivity contribution is -0.384. The molecule has 160 valence electrons. The molecule has 3 aromatic rings. The van der Waals surface area contributed by atoms with Crippen molar-refractivity contribution in [2.45, 2.75) is 13.5 Å². The van der Waals surface area contributed by atoms with Crippen LogP contribution in [0.25, 0.3) is 11.4 Å². The minimum absolute atomic E-state index is 0.0358. The fourth-order valence-corrected chi connectivity index (χ4v) is 4.27. The van der Waals surface area contributed by atoms with E-state index in [2.05, 4.69) is 15.5 Å². The molecule has 0 spiro atoms. The monoisotopic (exact) mass is 439 g/mol. The molecule has 0 atom stereocenters. The number of hydrogen-bond donors (Lipinski definition) is 1. The summed E-state index contributed by atoms with van der Waals surface area (Å²) >= 11 is 1.86. The van der Waals surface area contributed by atoms with Gasteiger partial charge in [-0.15, -0.1) is 0 Å². The number of nitro groups is 1. The first-order valence-corrected chi connectivity index (χ1v) is 11.0. The molecule has 4 rings (SSSR count). The number of nitrogens with one attached hydrogen (secondary N) is 1. The van der Waals surface area contributed by atoms with Gasteiger partial charge in [-0.05, 0) is 24.6 Å². The molecule has 1 aliphatic heterocycles. The van der Waals surface area contributed by atoms with Gasteiger partial charge in [-0.1, -0.05) is 23.4 Å². The lowest BCUT2D eigenvalue weighted by atomic mass is 10.1. The molecule has 10 heteroatoms. The van der Waals surface area contributed by atoms with Crippen LogP contribution in [0.3, 0.4) is 0 Å². The molecule has 0 bridgehead atoms. The van der Waals surface area contributed by atoms with Crippen LogP contribution in [0, 0.1) is 17.0 Å². The first-order valence-electron chi connectivity index (χ1n) is 9.81. The number of anilines is 1. The summed E-state index contributed by atoms with van der Waals surface area (Å²) in [6.45, 7) is 3.71. The average molecular weight is 439 g/mol. The highest BCUT2D eigenvalue weighted by atomic mass is 32.2. The van der Waals surface area contributed by atoms with Crippen molar-refractivity contribution in [3.63, 3.8) is 0 Å². The van der Waals surface area contributed by atoms with E-state index in [1.165, 1.54) is 12.1 Å². The largest absolute Gasteiger partial charge is 0.376 e. The quantitative estimate of drug-likeness (QED) is 0.456. The number of hydrogen-bond acceptors (Lipinski definition) is 8. The SMILES string of the molecule is Cc1c(NCc2nc(-c3cccc([N+](=O)[O-])c3)no2)cccc1C(=O)N1CCSCC1. The number of carbonyl (C=O) groups excluding carboxylic acids is 1. The summed E-state index contributed by atoms with van der Waals surface area (Å²) in [5, 5.41) is 18.1. The van der Waals surface area contributed by atoms with Crippen LogP contribution in [-0.4, -0.2) is 50.5 Å². The molecular weight excluding hydrogens is 418 g/mol. The second-order valence-corrected chi connectivity index (χ2v) is 8.28. The maximum absolute atomic E-state index is 12.9. The Labute approximate surface area is 183 Å². The Hall–Kier alpha value is -3.40. The van der Waals surface area contributed by atoms with Crippen LogP contribution < -0.4 is 5.32 Å². The predicted molar refractivity (Wildman–Crippen MR) is 118 cm³/mol. The predicted octanol–water partition coefficient (Wildman–Crippen LogP) is 3.75. The van der Waals surface area contributed by atoms with Crippen LogP contribution in [0.1, 0.15) is 21.8 Å². The van der Waals surface area contributed by atoms with E-state index >= 15 is 0 Å². The Morgan fingerprint density at radius 3 is 2.81 bits per heavy atom. The third-order valence-electron chi connectivity index (χ3n) is 5.08. The number of nitro benzene ring substituents is 1. The number of non-ortho nitro benzene ring substituents is 1. The summed E-state index contributed by atoms with van der Waals surface area (Å²) in [5.74, 6) is 2.60. The Bertz CT molecular complexity index is 1110. The molecule has 2 aromatic carbocycles. The molecule has 1 aliphatic rings. The molecule has 1 fully saturated rings. The van der Waals surface area contributed by atoms with Crippen molar-refractivity contribution in [2.24, 2.45) is 0 Å². The van der Waals surface area contributed by atoms with Gasteiger partial charge in [0.1, 0.15) is 0 Å². The zero-order valence-electron chi connectivity index (χ0n) is 16.9. The molecule has 0 unspecified atom stereocenters. The van der Waals surface area contributed by atoms with Crippen LogP contribution >= 0.6 is 11.8 Å². The van der Waals surface area contributed by atoms with Crippen LogP contribution in [-0.2, 0) is 6.54 Å². The van der Waals surface area contributed by atoms with E-state index in [1.54, 1.807) is 12.1 Å². The van der Waals surface area contributed by atoms with E-state index < -0.39 is 4.92 Å². The van der Waals surface area contributed by atoms with Crippen LogP contribution in [0.15, 0.2) is 47.0 Å². The van der Waals surface area contributed by atoms with Crippen molar-refractivity contribution in [1.29, 1.82) is 0 Å². The molecule has 1 saturated heterocycles. The van der Waals surface area contributed by atoms with Gasteiger partial charge in [0.15, 0.2) is 0 Å². The molecule has 0 aliphatic carbocycles. The van der Waals surface area contributed by atoms with E-state index in [0.717, 1.165) is 35.8 Å². The normalized spacial score (nSPS) is 13.8. The molecule has 2 heterocycles. The van der Waals surface area contributed by atoms with Gasteiger partial charge in [-0.25, -0.2) is 0 Å². The summed E-state index contributed by atoms with van der Waals surface area (Å²) in [4.78, 5) is 29.6.